The molecule has 1 aliphatic heterocycles. The third kappa shape index (κ3) is 6.18. The lowest BCUT2D eigenvalue weighted by Gasteiger charge is -2.33. The number of anilines is 1. The number of allylic oxidation sites excluding steroid dienone is 1. The first kappa shape index (κ1) is 29.9. The van der Waals surface area contributed by atoms with Gasteiger partial charge < -0.3 is 19.9 Å². The van der Waals surface area contributed by atoms with Crippen molar-refractivity contribution >= 4 is 29.3 Å². The van der Waals surface area contributed by atoms with Crippen LogP contribution in [0.1, 0.15) is 69.7 Å². The van der Waals surface area contributed by atoms with E-state index in [4.69, 9.17) is 15.0 Å². The summed E-state index contributed by atoms with van der Waals surface area (Å²) in [6.07, 6.45) is 0.257. The Bertz CT molecular complexity index is 1470. The minimum atomic E-state index is -5.19. The summed E-state index contributed by atoms with van der Waals surface area (Å²) in [7, 11) is 4.16. The highest BCUT2D eigenvalue weighted by Crippen LogP contribution is 2.37. The number of benzene rings is 2. The summed E-state index contributed by atoms with van der Waals surface area (Å²) in [6.45, 7) is 12.0. The minimum Gasteiger partial charge on any atom is -0.542 e. The number of aliphatic carboxylic acids is 2. The maximum Gasteiger partial charge on any atom is 0.430 e. The first-order valence-electron chi connectivity index (χ1n) is 12.7. The standard InChI is InChI=1S/C28H34N2O2.C2HF3O2/c1-18-17-27(2,3)30(12-8-9-26(31)32)25-16-24-20(14-22(18)25)13-19-10-11-21(29(6)7)15-23(19)28(24,4)5;3-2(4,5)1(6)7/h10-11,13-17H,8-9,12H2,1-7H3;(H,6,7). The number of nitrogens with zero attached hydrogens (tertiary/aromatic N) is 2. The molecule has 0 fully saturated rings. The summed E-state index contributed by atoms with van der Waals surface area (Å²) >= 11 is 0. The van der Waals surface area contributed by atoms with Crippen LogP contribution < -0.4 is 25.2 Å². The molecule has 2 aromatic carbocycles. The van der Waals surface area contributed by atoms with Crippen molar-refractivity contribution in [3.8, 4) is 0 Å². The highest BCUT2D eigenvalue weighted by molar-refractivity contribution is 5.72. The van der Waals surface area contributed by atoms with E-state index in [1.807, 2.05) is 0 Å². The molecule has 0 spiro atoms. The molecule has 0 saturated heterocycles. The molecule has 9 heteroatoms. The number of carbonyl (C=O) groups is 2. The molecule has 0 amide bonds. The molecule has 6 nitrogen and oxygen atoms in total. The zero-order chi connectivity index (χ0) is 29.5. The van der Waals surface area contributed by atoms with Crippen LogP contribution in [0.15, 0.2) is 36.4 Å². The van der Waals surface area contributed by atoms with E-state index in [2.05, 4.69) is 101 Å². The van der Waals surface area contributed by atoms with Gasteiger partial charge in [0.25, 0.3) is 0 Å². The topological polar surface area (TPSA) is 83.7 Å². The quantitative estimate of drug-likeness (QED) is 0.585. The number of fused-ring (bicyclic) bond motifs is 3. The van der Waals surface area contributed by atoms with Gasteiger partial charge in [-0.15, -0.1) is 0 Å². The van der Waals surface area contributed by atoms with Crippen molar-refractivity contribution in [2.45, 2.75) is 64.6 Å². The van der Waals surface area contributed by atoms with Crippen molar-refractivity contribution in [1.82, 2.24) is 4.58 Å². The zero-order valence-corrected chi connectivity index (χ0v) is 23.4. The van der Waals surface area contributed by atoms with Crippen molar-refractivity contribution in [3.63, 3.8) is 0 Å². The van der Waals surface area contributed by atoms with Crippen LogP contribution in [0.25, 0.3) is 11.6 Å². The van der Waals surface area contributed by atoms with Crippen LogP contribution in [0, 0.1) is 0 Å². The van der Waals surface area contributed by atoms with E-state index in [0.29, 0.717) is 6.42 Å². The summed E-state index contributed by atoms with van der Waals surface area (Å²) in [4.78, 5) is 22.1. The third-order valence-corrected chi connectivity index (χ3v) is 7.36. The number of carboxylic acid groups (broad SMARTS) is 2. The Balaban J connectivity index is 0.000000532. The number of halogens is 3. The lowest BCUT2D eigenvalue weighted by molar-refractivity contribution is -0.344. The summed E-state index contributed by atoms with van der Waals surface area (Å²) < 4.78 is 33.9. The van der Waals surface area contributed by atoms with E-state index in [0.717, 1.165) is 6.54 Å². The molecular formula is C30H35F3N2O4. The van der Waals surface area contributed by atoms with Gasteiger partial charge in [-0.3, -0.25) is 4.79 Å². The van der Waals surface area contributed by atoms with E-state index in [1.165, 1.54) is 44.1 Å². The Morgan fingerprint density at radius 2 is 1.67 bits per heavy atom. The molecule has 39 heavy (non-hydrogen) atoms. The van der Waals surface area contributed by atoms with Gasteiger partial charge in [-0.05, 0) is 64.8 Å². The van der Waals surface area contributed by atoms with Gasteiger partial charge in [-0.2, -0.15) is 13.2 Å². The summed E-state index contributed by atoms with van der Waals surface area (Å²) in [5.74, 6) is -3.74. The average molecular weight is 545 g/mol. The largest absolute Gasteiger partial charge is 0.542 e. The van der Waals surface area contributed by atoms with Gasteiger partial charge in [0.1, 0.15) is 12.5 Å². The Hall–Kier alpha value is -3.62. The third-order valence-electron chi connectivity index (χ3n) is 7.36. The number of carboxylic acids is 2. The predicted octanol–water partition coefficient (Wildman–Crippen LogP) is 3.07. The van der Waals surface area contributed by atoms with Crippen molar-refractivity contribution in [2.24, 2.45) is 0 Å². The van der Waals surface area contributed by atoms with Crippen molar-refractivity contribution in [3.05, 3.63) is 69.2 Å². The van der Waals surface area contributed by atoms with E-state index in [-0.39, 0.29) is 17.4 Å². The van der Waals surface area contributed by atoms with Crippen molar-refractivity contribution in [2.75, 3.05) is 25.5 Å². The van der Waals surface area contributed by atoms with Gasteiger partial charge in [0, 0.05) is 57.1 Å². The number of hydrogen-bond acceptors (Lipinski definition) is 4. The van der Waals surface area contributed by atoms with Crippen LogP contribution in [-0.4, -0.2) is 49.4 Å². The summed E-state index contributed by atoms with van der Waals surface area (Å²) in [6, 6.07) is 11.4. The molecule has 0 aromatic heterocycles. The summed E-state index contributed by atoms with van der Waals surface area (Å²) in [5, 5.41) is 20.4. The predicted molar refractivity (Wildman–Crippen MR) is 144 cm³/mol. The smallest absolute Gasteiger partial charge is 0.430 e. The maximum absolute atomic E-state index is 11.1. The Morgan fingerprint density at radius 1 is 1.05 bits per heavy atom. The van der Waals surface area contributed by atoms with Gasteiger partial charge in [0.05, 0.1) is 6.42 Å². The molecule has 1 aliphatic carbocycles. The lowest BCUT2D eigenvalue weighted by Crippen LogP contribution is -2.50. The second kappa shape index (κ2) is 10.5. The van der Waals surface area contributed by atoms with Gasteiger partial charge >= 0.3 is 12.1 Å². The van der Waals surface area contributed by atoms with E-state index in [1.54, 1.807) is 0 Å². The van der Waals surface area contributed by atoms with Crippen LogP contribution in [0.4, 0.5) is 18.9 Å². The molecule has 0 unspecified atom stereocenters. The number of alkyl halides is 3. The first-order chi connectivity index (χ1) is 17.9. The second-order valence-electron chi connectivity index (χ2n) is 11.3. The molecular weight excluding hydrogens is 509 g/mol. The van der Waals surface area contributed by atoms with Gasteiger partial charge in [0.15, 0.2) is 5.54 Å². The highest BCUT2D eigenvalue weighted by atomic mass is 19.4. The van der Waals surface area contributed by atoms with Crippen LogP contribution in [0.2, 0.25) is 0 Å². The first-order valence-corrected chi connectivity index (χ1v) is 12.7. The number of carbonyl (C=O) groups excluding carboxylic acids is 1. The molecule has 2 aromatic rings. The van der Waals surface area contributed by atoms with Crippen LogP contribution >= 0.6 is 0 Å². The Morgan fingerprint density at radius 3 is 2.21 bits per heavy atom. The normalized spacial score (nSPS) is 16.4. The Kier molecular flexibility index (Phi) is 8.06. The molecule has 0 bridgehead atoms. The van der Waals surface area contributed by atoms with Crippen LogP contribution in [-0.2, 0) is 15.0 Å². The fourth-order valence-corrected chi connectivity index (χ4v) is 5.40. The van der Waals surface area contributed by atoms with Gasteiger partial charge in [0.2, 0.25) is 5.36 Å². The van der Waals surface area contributed by atoms with Gasteiger partial charge in [-0.1, -0.05) is 19.9 Å². The zero-order valence-electron chi connectivity index (χ0n) is 23.4. The van der Waals surface area contributed by atoms with Crippen LogP contribution in [0.3, 0.4) is 0 Å². The van der Waals surface area contributed by atoms with Crippen LogP contribution in [0.5, 0.6) is 0 Å². The monoisotopic (exact) mass is 544 g/mol. The fourth-order valence-electron chi connectivity index (χ4n) is 5.40. The number of hydrogen-bond donors (Lipinski definition) is 1. The maximum atomic E-state index is 11.1. The van der Waals surface area contributed by atoms with E-state index < -0.39 is 18.1 Å². The number of rotatable bonds is 5. The summed E-state index contributed by atoms with van der Waals surface area (Å²) in [5.41, 5.74) is 7.39. The van der Waals surface area contributed by atoms with Crippen molar-refractivity contribution in [1.29, 1.82) is 0 Å². The highest BCUT2D eigenvalue weighted by Gasteiger charge is 2.36. The molecule has 0 saturated carbocycles. The molecule has 2 aliphatic rings. The van der Waals surface area contributed by atoms with Gasteiger partial charge in [-0.25, -0.2) is 4.58 Å². The Labute approximate surface area is 226 Å². The lowest BCUT2D eigenvalue weighted by atomic mass is 9.71. The molecule has 210 valence electrons. The van der Waals surface area contributed by atoms with E-state index in [9.17, 15) is 18.0 Å². The molecule has 1 N–H and O–H groups in total. The molecule has 0 atom stereocenters. The van der Waals surface area contributed by atoms with Crippen molar-refractivity contribution < 1.29 is 33.0 Å². The molecule has 0 radical (unpaired) electrons. The average Bonchev–Trinajstić information content (AvgIpc) is 2.79. The molecule has 4 rings (SSSR count). The molecule has 1 heterocycles. The SMILES string of the molecule is CC1=CC(C)(C)[N+](CCCC(=O)O)=c2cc3c(cc21)=Cc1ccc(N(C)C)cc1C3(C)C.O=C([O-])C(F)(F)F. The fraction of sp³-hybridized carbons (Fsp3) is 0.433. The van der Waals surface area contributed by atoms with E-state index >= 15 is 0 Å². The minimum absolute atomic E-state index is 0.133. The second-order valence-corrected chi connectivity index (χ2v) is 11.3.